The van der Waals surface area contributed by atoms with E-state index < -0.39 is 24.1 Å². The van der Waals surface area contributed by atoms with Crippen molar-refractivity contribution in [2.45, 2.75) is 44.8 Å². The minimum Gasteiger partial charge on any atom is -0.459 e. The molecule has 2 aliphatic rings. The van der Waals surface area contributed by atoms with Crippen LogP contribution in [0.25, 0.3) is 0 Å². The molecule has 1 spiro atoms. The predicted octanol–water partition coefficient (Wildman–Crippen LogP) is 2.37. The Bertz CT molecular complexity index is 691. The normalized spacial score (nSPS) is 26.0. The molecule has 3 amide bonds. The van der Waals surface area contributed by atoms with E-state index in [0.717, 1.165) is 24.2 Å². The lowest BCUT2D eigenvalue weighted by molar-refractivity contribution is -0.149. The highest BCUT2D eigenvalue weighted by atomic mass is 19.1. The third-order valence-corrected chi connectivity index (χ3v) is 5.10. The molecule has 6 nitrogen and oxygen atoms in total. The Morgan fingerprint density at radius 2 is 2.04 bits per heavy atom. The smallest absolute Gasteiger partial charge is 0.326 e. The van der Waals surface area contributed by atoms with Crippen LogP contribution in [0.5, 0.6) is 0 Å². The first kappa shape index (κ1) is 17.4. The number of nitrogens with zero attached hydrogens (tertiary/aromatic N) is 1. The SMILES string of the molecule is C[C@@H]1CCCC[C@@]12NC(=O)N(CC(=O)OCc1ccc(F)cc1)C2=O. The molecule has 0 aromatic heterocycles. The molecule has 1 aromatic carbocycles. The molecule has 1 N–H and O–H groups in total. The van der Waals surface area contributed by atoms with Gasteiger partial charge in [-0.05, 0) is 36.5 Å². The average Bonchev–Trinajstić information content (AvgIpc) is 2.82. The molecular formula is C18H21FN2O4. The highest BCUT2D eigenvalue weighted by molar-refractivity contribution is 6.08. The fourth-order valence-corrected chi connectivity index (χ4v) is 3.56. The van der Waals surface area contributed by atoms with E-state index in [1.54, 1.807) is 0 Å². The van der Waals surface area contributed by atoms with E-state index in [-0.39, 0.29) is 24.2 Å². The number of hydrogen-bond acceptors (Lipinski definition) is 4. The molecule has 2 atom stereocenters. The molecule has 25 heavy (non-hydrogen) atoms. The summed E-state index contributed by atoms with van der Waals surface area (Å²) in [6, 6.07) is 5.02. The van der Waals surface area contributed by atoms with Gasteiger partial charge in [0.1, 0.15) is 24.5 Å². The number of urea groups is 1. The maximum atomic E-state index is 12.9. The highest BCUT2D eigenvalue weighted by Crippen LogP contribution is 2.38. The summed E-state index contributed by atoms with van der Waals surface area (Å²) in [5.41, 5.74) is -0.253. The monoisotopic (exact) mass is 348 g/mol. The van der Waals surface area contributed by atoms with Crippen molar-refractivity contribution in [3.05, 3.63) is 35.6 Å². The summed E-state index contributed by atoms with van der Waals surface area (Å²) in [4.78, 5) is 37.9. The Morgan fingerprint density at radius 3 is 2.72 bits per heavy atom. The lowest BCUT2D eigenvalue weighted by Crippen LogP contribution is -2.54. The number of esters is 1. The summed E-state index contributed by atoms with van der Waals surface area (Å²) < 4.78 is 17.9. The van der Waals surface area contributed by atoms with E-state index in [2.05, 4.69) is 5.32 Å². The Labute approximate surface area is 145 Å². The van der Waals surface area contributed by atoms with Crippen LogP contribution in [0, 0.1) is 11.7 Å². The van der Waals surface area contributed by atoms with Crippen LogP contribution in [-0.2, 0) is 20.9 Å². The number of benzene rings is 1. The predicted molar refractivity (Wildman–Crippen MR) is 86.8 cm³/mol. The maximum absolute atomic E-state index is 12.9. The number of rotatable bonds is 4. The van der Waals surface area contributed by atoms with Crippen LogP contribution in [0.1, 0.15) is 38.2 Å². The quantitative estimate of drug-likeness (QED) is 0.669. The van der Waals surface area contributed by atoms with Gasteiger partial charge in [0.05, 0.1) is 0 Å². The Morgan fingerprint density at radius 1 is 1.32 bits per heavy atom. The number of hydrogen-bond donors (Lipinski definition) is 1. The number of nitrogens with one attached hydrogen (secondary N) is 1. The topological polar surface area (TPSA) is 75.7 Å². The molecule has 1 saturated heterocycles. The van der Waals surface area contributed by atoms with Crippen LogP contribution in [0.15, 0.2) is 24.3 Å². The van der Waals surface area contributed by atoms with E-state index >= 15 is 0 Å². The van der Waals surface area contributed by atoms with E-state index in [1.165, 1.54) is 24.3 Å². The third kappa shape index (κ3) is 3.36. The molecule has 1 aliphatic carbocycles. The molecule has 134 valence electrons. The highest BCUT2D eigenvalue weighted by Gasteiger charge is 2.55. The lowest BCUT2D eigenvalue weighted by Gasteiger charge is -2.36. The molecule has 1 heterocycles. The first-order valence-electron chi connectivity index (χ1n) is 8.46. The summed E-state index contributed by atoms with van der Waals surface area (Å²) >= 11 is 0. The van der Waals surface area contributed by atoms with E-state index in [9.17, 15) is 18.8 Å². The number of carbonyl (C=O) groups excluding carboxylic acids is 3. The van der Waals surface area contributed by atoms with Gasteiger partial charge in [0.15, 0.2) is 0 Å². The van der Waals surface area contributed by atoms with Gasteiger partial charge < -0.3 is 10.1 Å². The lowest BCUT2D eigenvalue weighted by atomic mass is 9.73. The van der Waals surface area contributed by atoms with Gasteiger partial charge in [-0.15, -0.1) is 0 Å². The molecule has 3 rings (SSSR count). The van der Waals surface area contributed by atoms with Crippen LogP contribution < -0.4 is 5.32 Å². The molecule has 1 aromatic rings. The zero-order valence-corrected chi connectivity index (χ0v) is 14.1. The Hall–Kier alpha value is -2.44. The first-order chi connectivity index (χ1) is 11.9. The molecule has 7 heteroatoms. The fourth-order valence-electron chi connectivity index (χ4n) is 3.56. The summed E-state index contributed by atoms with van der Waals surface area (Å²) in [5.74, 6) is -1.35. The number of carbonyl (C=O) groups is 3. The van der Waals surface area contributed by atoms with Crippen molar-refractivity contribution in [2.24, 2.45) is 5.92 Å². The number of halogens is 1. The first-order valence-corrected chi connectivity index (χ1v) is 8.46. The van der Waals surface area contributed by atoms with Crippen molar-refractivity contribution in [1.82, 2.24) is 10.2 Å². The van der Waals surface area contributed by atoms with Gasteiger partial charge in [0.25, 0.3) is 5.91 Å². The van der Waals surface area contributed by atoms with Gasteiger partial charge in [0, 0.05) is 0 Å². The van der Waals surface area contributed by atoms with Gasteiger partial charge in [-0.2, -0.15) is 0 Å². The molecule has 0 bridgehead atoms. The van der Waals surface area contributed by atoms with Crippen molar-refractivity contribution in [3.8, 4) is 0 Å². The second kappa shape index (κ2) is 6.82. The van der Waals surface area contributed by atoms with Crippen LogP contribution in [-0.4, -0.2) is 34.9 Å². The summed E-state index contributed by atoms with van der Waals surface area (Å²) in [5, 5.41) is 2.79. The summed E-state index contributed by atoms with van der Waals surface area (Å²) in [6.07, 6.45) is 3.37. The average molecular weight is 348 g/mol. The van der Waals surface area contributed by atoms with E-state index in [0.29, 0.717) is 12.0 Å². The van der Waals surface area contributed by atoms with Gasteiger partial charge in [-0.1, -0.05) is 31.9 Å². The second-order valence-corrected chi connectivity index (χ2v) is 6.73. The van der Waals surface area contributed by atoms with Crippen LogP contribution in [0.3, 0.4) is 0 Å². The zero-order valence-electron chi connectivity index (χ0n) is 14.1. The zero-order chi connectivity index (χ0) is 18.0. The van der Waals surface area contributed by atoms with Crippen molar-refractivity contribution in [3.63, 3.8) is 0 Å². The van der Waals surface area contributed by atoms with Gasteiger partial charge in [0.2, 0.25) is 0 Å². The van der Waals surface area contributed by atoms with Gasteiger partial charge >= 0.3 is 12.0 Å². The molecule has 2 fully saturated rings. The van der Waals surface area contributed by atoms with E-state index in [1.807, 2.05) is 6.92 Å². The summed E-state index contributed by atoms with van der Waals surface area (Å²) in [6.45, 7) is 1.50. The molecule has 0 radical (unpaired) electrons. The van der Waals surface area contributed by atoms with Crippen molar-refractivity contribution in [1.29, 1.82) is 0 Å². The fraction of sp³-hybridized carbons (Fsp3) is 0.500. The molecular weight excluding hydrogens is 327 g/mol. The second-order valence-electron chi connectivity index (χ2n) is 6.73. The standard InChI is InChI=1S/C18H21FN2O4/c1-12-4-2-3-9-18(12)16(23)21(17(24)20-18)10-15(22)25-11-13-5-7-14(19)8-6-13/h5-8,12H,2-4,9-11H2,1H3,(H,20,24)/t12-,18-/m1/s1. The number of amides is 3. The van der Waals surface area contributed by atoms with Crippen LogP contribution in [0.2, 0.25) is 0 Å². The third-order valence-electron chi connectivity index (χ3n) is 5.10. The summed E-state index contributed by atoms with van der Waals surface area (Å²) in [7, 11) is 0. The van der Waals surface area contributed by atoms with Gasteiger partial charge in [-0.25, -0.2) is 9.18 Å². The number of ether oxygens (including phenoxy) is 1. The maximum Gasteiger partial charge on any atom is 0.326 e. The molecule has 0 unspecified atom stereocenters. The number of imide groups is 1. The minimum atomic E-state index is -0.882. The van der Waals surface area contributed by atoms with Crippen molar-refractivity contribution < 1.29 is 23.5 Å². The molecule has 1 aliphatic heterocycles. The minimum absolute atomic E-state index is 0.0374. The molecule has 1 saturated carbocycles. The van der Waals surface area contributed by atoms with Crippen LogP contribution >= 0.6 is 0 Å². The van der Waals surface area contributed by atoms with Crippen molar-refractivity contribution >= 4 is 17.9 Å². The van der Waals surface area contributed by atoms with Crippen molar-refractivity contribution in [2.75, 3.05) is 6.54 Å². The Kier molecular flexibility index (Phi) is 4.74. The van der Waals surface area contributed by atoms with E-state index in [4.69, 9.17) is 4.74 Å². The van der Waals surface area contributed by atoms with Gasteiger partial charge in [-0.3, -0.25) is 14.5 Å². The van der Waals surface area contributed by atoms with Crippen LogP contribution in [0.4, 0.5) is 9.18 Å². The largest absolute Gasteiger partial charge is 0.459 e. The Balaban J connectivity index is 1.60.